The average molecular weight is 399 g/mol. The number of fused-ring (bicyclic) bond motifs is 1. The van der Waals surface area contributed by atoms with Crippen molar-refractivity contribution in [3.8, 4) is 0 Å². The molecule has 25 heavy (non-hydrogen) atoms. The van der Waals surface area contributed by atoms with E-state index in [1.807, 2.05) is 49.0 Å². The first-order chi connectivity index (χ1) is 11.6. The smallest absolute Gasteiger partial charge is 0.261 e. The summed E-state index contributed by atoms with van der Waals surface area (Å²) in [7, 11) is 1.86. The third kappa shape index (κ3) is 4.33. The SMILES string of the molecule is CNCCNC(=O)c1cc2c(C)nn(Cc3ccccc3Cl)c2s1.Cl. The Morgan fingerprint density at radius 1 is 1.32 bits per heavy atom. The lowest BCUT2D eigenvalue weighted by atomic mass is 10.2. The van der Waals surface area contributed by atoms with Crippen LogP contribution in [0.2, 0.25) is 5.02 Å². The zero-order valence-electron chi connectivity index (χ0n) is 14.0. The molecular formula is C17H20Cl2N4OS. The van der Waals surface area contributed by atoms with Gasteiger partial charge >= 0.3 is 0 Å². The molecule has 0 fully saturated rings. The minimum atomic E-state index is -0.0462. The molecule has 0 radical (unpaired) electrons. The van der Waals surface area contributed by atoms with E-state index in [0.29, 0.717) is 18.0 Å². The van der Waals surface area contributed by atoms with Gasteiger partial charge in [-0.25, -0.2) is 0 Å². The first kappa shape index (κ1) is 19.7. The molecule has 0 bridgehead atoms. The predicted octanol–water partition coefficient (Wildman–Crippen LogP) is 3.48. The lowest BCUT2D eigenvalue weighted by molar-refractivity contribution is 0.0958. The number of aromatic nitrogens is 2. The van der Waals surface area contributed by atoms with Crippen molar-refractivity contribution in [2.75, 3.05) is 20.1 Å². The van der Waals surface area contributed by atoms with Crippen LogP contribution < -0.4 is 10.6 Å². The number of hydrogen-bond acceptors (Lipinski definition) is 4. The van der Waals surface area contributed by atoms with Gasteiger partial charge in [0.1, 0.15) is 4.83 Å². The third-order valence-corrected chi connectivity index (χ3v) is 5.29. The van der Waals surface area contributed by atoms with Crippen LogP contribution in [0.3, 0.4) is 0 Å². The van der Waals surface area contributed by atoms with Gasteiger partial charge < -0.3 is 10.6 Å². The fourth-order valence-corrected chi connectivity index (χ4v) is 3.78. The van der Waals surface area contributed by atoms with Crippen molar-refractivity contribution in [2.45, 2.75) is 13.5 Å². The Hall–Kier alpha value is -1.60. The highest BCUT2D eigenvalue weighted by atomic mass is 35.5. The number of likely N-dealkylation sites (N-methyl/N-ethyl adjacent to an activating group) is 1. The molecule has 2 N–H and O–H groups in total. The molecule has 3 aromatic rings. The molecule has 0 atom stereocenters. The maximum Gasteiger partial charge on any atom is 0.261 e. The second-order valence-corrected chi connectivity index (χ2v) is 6.96. The monoisotopic (exact) mass is 398 g/mol. The molecule has 0 aliphatic carbocycles. The number of benzene rings is 1. The fourth-order valence-electron chi connectivity index (χ4n) is 2.51. The van der Waals surface area contributed by atoms with E-state index in [9.17, 15) is 4.79 Å². The summed E-state index contributed by atoms with van der Waals surface area (Å²) in [4.78, 5) is 13.9. The van der Waals surface area contributed by atoms with Gasteiger partial charge in [-0.3, -0.25) is 9.48 Å². The number of carbonyl (C=O) groups is 1. The topological polar surface area (TPSA) is 58.9 Å². The number of amides is 1. The molecule has 0 saturated carbocycles. The van der Waals surface area contributed by atoms with E-state index in [4.69, 9.17) is 11.6 Å². The summed E-state index contributed by atoms with van der Waals surface area (Å²) < 4.78 is 1.92. The maximum atomic E-state index is 12.2. The van der Waals surface area contributed by atoms with Crippen molar-refractivity contribution in [1.82, 2.24) is 20.4 Å². The maximum absolute atomic E-state index is 12.2. The fraction of sp³-hybridized carbons (Fsp3) is 0.294. The van der Waals surface area contributed by atoms with E-state index < -0.39 is 0 Å². The Labute approximate surface area is 161 Å². The molecule has 1 aromatic carbocycles. The molecular weight excluding hydrogens is 379 g/mol. The molecule has 2 heterocycles. The molecule has 0 aliphatic rings. The number of halogens is 2. The van der Waals surface area contributed by atoms with Crippen LogP contribution in [0.15, 0.2) is 30.3 Å². The zero-order valence-corrected chi connectivity index (χ0v) is 16.4. The summed E-state index contributed by atoms with van der Waals surface area (Å²) >= 11 is 7.71. The lowest BCUT2D eigenvalue weighted by Gasteiger charge is -2.05. The Morgan fingerprint density at radius 3 is 2.80 bits per heavy atom. The molecule has 0 spiro atoms. The summed E-state index contributed by atoms with van der Waals surface area (Å²) in [6, 6.07) is 9.65. The quantitative estimate of drug-likeness (QED) is 0.624. The number of aryl methyl sites for hydroxylation is 1. The second-order valence-electron chi connectivity index (χ2n) is 5.52. The number of hydrogen-bond donors (Lipinski definition) is 2. The molecule has 2 aromatic heterocycles. The van der Waals surface area contributed by atoms with Crippen LogP contribution in [-0.4, -0.2) is 35.8 Å². The van der Waals surface area contributed by atoms with Gasteiger partial charge in [0.25, 0.3) is 5.91 Å². The van der Waals surface area contributed by atoms with Crippen molar-refractivity contribution >= 4 is 51.5 Å². The van der Waals surface area contributed by atoms with Gasteiger partial charge in [0.15, 0.2) is 0 Å². The van der Waals surface area contributed by atoms with Crippen LogP contribution in [-0.2, 0) is 6.54 Å². The molecule has 5 nitrogen and oxygen atoms in total. The average Bonchev–Trinajstić information content (AvgIpc) is 3.12. The lowest BCUT2D eigenvalue weighted by Crippen LogP contribution is -2.29. The normalized spacial score (nSPS) is 10.7. The van der Waals surface area contributed by atoms with Crippen LogP contribution in [0.4, 0.5) is 0 Å². The first-order valence-corrected chi connectivity index (χ1v) is 8.92. The van der Waals surface area contributed by atoms with Crippen molar-refractivity contribution in [3.63, 3.8) is 0 Å². The molecule has 0 saturated heterocycles. The van der Waals surface area contributed by atoms with E-state index in [1.165, 1.54) is 11.3 Å². The summed E-state index contributed by atoms with van der Waals surface area (Å²) in [5.41, 5.74) is 1.93. The van der Waals surface area contributed by atoms with E-state index in [1.54, 1.807) is 0 Å². The molecule has 134 valence electrons. The van der Waals surface area contributed by atoms with Gasteiger partial charge in [0, 0.05) is 23.5 Å². The number of carbonyl (C=O) groups excluding carboxylic acids is 1. The van der Waals surface area contributed by atoms with Crippen molar-refractivity contribution in [3.05, 3.63) is 51.5 Å². The van der Waals surface area contributed by atoms with E-state index >= 15 is 0 Å². The Bertz CT molecular complexity index is 875. The second kappa shape index (κ2) is 8.67. The molecule has 0 unspecified atom stereocenters. The van der Waals surface area contributed by atoms with Gasteiger partial charge in [0.2, 0.25) is 0 Å². The van der Waals surface area contributed by atoms with E-state index in [2.05, 4.69) is 15.7 Å². The molecule has 0 aliphatic heterocycles. The molecule has 3 rings (SSSR count). The highest BCUT2D eigenvalue weighted by molar-refractivity contribution is 7.20. The number of nitrogens with one attached hydrogen (secondary N) is 2. The van der Waals surface area contributed by atoms with Crippen molar-refractivity contribution < 1.29 is 4.79 Å². The largest absolute Gasteiger partial charge is 0.350 e. The Kier molecular flexibility index (Phi) is 6.84. The van der Waals surface area contributed by atoms with Crippen LogP contribution >= 0.6 is 35.3 Å². The van der Waals surface area contributed by atoms with Crippen LogP contribution in [0.1, 0.15) is 20.9 Å². The zero-order chi connectivity index (χ0) is 17.1. The van der Waals surface area contributed by atoms with Crippen LogP contribution in [0.25, 0.3) is 10.2 Å². The van der Waals surface area contributed by atoms with Crippen molar-refractivity contribution in [1.29, 1.82) is 0 Å². The number of nitrogens with zero attached hydrogens (tertiary/aromatic N) is 2. The summed E-state index contributed by atoms with van der Waals surface area (Å²) in [6.45, 7) is 3.90. The summed E-state index contributed by atoms with van der Waals surface area (Å²) in [5.74, 6) is -0.0462. The molecule has 8 heteroatoms. The van der Waals surface area contributed by atoms with E-state index in [-0.39, 0.29) is 18.3 Å². The highest BCUT2D eigenvalue weighted by Gasteiger charge is 2.16. The Morgan fingerprint density at radius 2 is 2.08 bits per heavy atom. The van der Waals surface area contributed by atoms with Gasteiger partial charge in [-0.05, 0) is 31.7 Å². The highest BCUT2D eigenvalue weighted by Crippen LogP contribution is 2.29. The van der Waals surface area contributed by atoms with E-state index in [0.717, 1.165) is 33.0 Å². The van der Waals surface area contributed by atoms with Crippen molar-refractivity contribution in [2.24, 2.45) is 0 Å². The molecule has 1 amide bonds. The Balaban J connectivity index is 0.00000225. The van der Waals surface area contributed by atoms with Gasteiger partial charge in [0.05, 0.1) is 17.1 Å². The number of rotatable bonds is 6. The predicted molar refractivity (Wildman–Crippen MR) is 106 cm³/mol. The minimum Gasteiger partial charge on any atom is -0.350 e. The minimum absolute atomic E-state index is 0. The summed E-state index contributed by atoms with van der Waals surface area (Å²) in [5, 5.41) is 12.2. The van der Waals surface area contributed by atoms with Gasteiger partial charge in [-0.2, -0.15) is 5.10 Å². The van der Waals surface area contributed by atoms with Crippen LogP contribution in [0, 0.1) is 6.92 Å². The first-order valence-electron chi connectivity index (χ1n) is 7.73. The van der Waals surface area contributed by atoms with Crippen LogP contribution in [0.5, 0.6) is 0 Å². The standard InChI is InChI=1S/C17H19ClN4OS.ClH/c1-11-13-9-15(16(23)20-8-7-19-2)24-17(13)22(21-11)10-12-5-3-4-6-14(12)18;/h3-6,9,19H,7-8,10H2,1-2H3,(H,20,23);1H. The van der Waals surface area contributed by atoms with Gasteiger partial charge in [-0.1, -0.05) is 29.8 Å². The van der Waals surface area contributed by atoms with Gasteiger partial charge in [-0.15, -0.1) is 23.7 Å². The number of thiophene rings is 1. The third-order valence-electron chi connectivity index (χ3n) is 3.77. The summed E-state index contributed by atoms with van der Waals surface area (Å²) in [6.07, 6.45) is 0.